The highest BCUT2D eigenvalue weighted by Crippen LogP contribution is 2.29. The minimum Gasteiger partial charge on any atom is -0.497 e. The Balaban J connectivity index is 1.50. The normalized spacial score (nSPS) is 11.6. The van der Waals surface area contributed by atoms with Gasteiger partial charge in [-0.15, -0.1) is 0 Å². The van der Waals surface area contributed by atoms with Crippen LogP contribution in [0.15, 0.2) is 71.8 Å². The van der Waals surface area contributed by atoms with E-state index in [1.165, 1.54) is 13.3 Å². The Morgan fingerprint density at radius 1 is 1.00 bits per heavy atom. The van der Waals surface area contributed by atoms with Crippen LogP contribution in [0.5, 0.6) is 17.2 Å². The number of carbonyl (C=O) groups excluding carboxylic acids is 2. The number of ether oxygens (including phenoxy) is 3. The minimum atomic E-state index is -0.761. The fourth-order valence-corrected chi connectivity index (χ4v) is 3.40. The summed E-state index contributed by atoms with van der Waals surface area (Å²) in [4.78, 5) is 24.6. The molecule has 0 fully saturated rings. The van der Waals surface area contributed by atoms with Gasteiger partial charge in [-0.3, -0.25) is 9.59 Å². The van der Waals surface area contributed by atoms with E-state index in [0.717, 1.165) is 11.1 Å². The molecular formula is C27H28ClN3O5. The number of amides is 2. The first-order valence-electron chi connectivity index (χ1n) is 11.2. The lowest BCUT2D eigenvalue weighted by molar-refractivity contribution is -0.128. The summed E-state index contributed by atoms with van der Waals surface area (Å²) in [5.74, 6) is 1.05. The molecule has 3 aromatic rings. The second-order valence-corrected chi connectivity index (χ2v) is 8.25. The van der Waals surface area contributed by atoms with E-state index >= 15 is 0 Å². The molecule has 0 saturated heterocycles. The summed E-state index contributed by atoms with van der Waals surface area (Å²) in [6, 6.07) is 19.1. The maximum atomic E-state index is 12.3. The monoisotopic (exact) mass is 509 g/mol. The van der Waals surface area contributed by atoms with Gasteiger partial charge in [-0.05, 0) is 54.4 Å². The number of hydrogen-bond donors (Lipinski definition) is 2. The van der Waals surface area contributed by atoms with Gasteiger partial charge < -0.3 is 19.5 Å². The lowest BCUT2D eigenvalue weighted by atomic mass is 10.1. The van der Waals surface area contributed by atoms with Crippen LogP contribution in [-0.4, -0.2) is 38.3 Å². The molecule has 188 valence electrons. The molecule has 36 heavy (non-hydrogen) atoms. The molecule has 0 aliphatic rings. The topological polar surface area (TPSA) is 98.2 Å². The molecule has 2 amide bonds. The summed E-state index contributed by atoms with van der Waals surface area (Å²) in [7, 11) is 3.12. The smallest absolute Gasteiger partial charge is 0.262 e. The van der Waals surface area contributed by atoms with Crippen LogP contribution in [0.25, 0.3) is 0 Å². The third-order valence-corrected chi connectivity index (χ3v) is 5.58. The summed E-state index contributed by atoms with van der Waals surface area (Å²) in [6.45, 7) is 1.88. The largest absolute Gasteiger partial charge is 0.497 e. The number of hydrazone groups is 1. The van der Waals surface area contributed by atoms with E-state index in [9.17, 15) is 9.59 Å². The number of hydrogen-bond acceptors (Lipinski definition) is 6. The number of halogens is 1. The van der Waals surface area contributed by atoms with E-state index in [1.807, 2.05) is 18.2 Å². The van der Waals surface area contributed by atoms with Gasteiger partial charge in [0.15, 0.2) is 11.5 Å². The highest BCUT2D eigenvalue weighted by atomic mass is 35.5. The number of nitrogens with zero attached hydrogens (tertiary/aromatic N) is 1. The zero-order valence-electron chi connectivity index (χ0n) is 20.3. The zero-order valence-corrected chi connectivity index (χ0v) is 21.0. The molecule has 1 atom stereocenters. The van der Waals surface area contributed by atoms with Crippen molar-refractivity contribution in [2.24, 2.45) is 5.10 Å². The molecule has 3 aromatic carbocycles. The van der Waals surface area contributed by atoms with Crippen LogP contribution in [-0.2, 0) is 22.6 Å². The molecule has 0 radical (unpaired) electrons. The van der Waals surface area contributed by atoms with Crippen molar-refractivity contribution in [1.29, 1.82) is 0 Å². The molecule has 0 aliphatic heterocycles. The molecule has 0 spiro atoms. The van der Waals surface area contributed by atoms with Crippen molar-refractivity contribution in [2.45, 2.75) is 26.0 Å². The van der Waals surface area contributed by atoms with Crippen molar-refractivity contribution in [3.8, 4) is 17.2 Å². The van der Waals surface area contributed by atoms with E-state index in [2.05, 4.69) is 15.8 Å². The van der Waals surface area contributed by atoms with Crippen LogP contribution in [0, 0.1) is 0 Å². The molecule has 2 N–H and O–H groups in total. The van der Waals surface area contributed by atoms with E-state index in [4.69, 9.17) is 25.8 Å². The molecule has 8 nitrogen and oxygen atoms in total. The third-order valence-electron chi connectivity index (χ3n) is 5.21. The molecule has 0 bridgehead atoms. The minimum absolute atomic E-state index is 0.148. The van der Waals surface area contributed by atoms with Crippen molar-refractivity contribution in [3.63, 3.8) is 0 Å². The van der Waals surface area contributed by atoms with Gasteiger partial charge in [-0.2, -0.15) is 5.10 Å². The third kappa shape index (κ3) is 7.74. The van der Waals surface area contributed by atoms with Crippen LogP contribution in [0.4, 0.5) is 0 Å². The zero-order chi connectivity index (χ0) is 25.9. The first-order chi connectivity index (χ1) is 17.4. The highest BCUT2D eigenvalue weighted by molar-refractivity contribution is 6.31. The van der Waals surface area contributed by atoms with Crippen LogP contribution in [0.2, 0.25) is 5.02 Å². The van der Waals surface area contributed by atoms with E-state index in [1.54, 1.807) is 62.6 Å². The molecule has 0 heterocycles. The average Bonchev–Trinajstić information content (AvgIpc) is 2.88. The Bertz CT molecular complexity index is 1210. The van der Waals surface area contributed by atoms with Gasteiger partial charge >= 0.3 is 0 Å². The first kappa shape index (κ1) is 26.6. The number of methoxy groups -OCH3 is 2. The Kier molecular flexibility index (Phi) is 9.71. The maximum Gasteiger partial charge on any atom is 0.262 e. The lowest BCUT2D eigenvalue weighted by Gasteiger charge is -2.13. The SMILES string of the molecule is COc1ccc(CC(=O)NC(C)C(=O)NN=Cc2ccc(OCc3ccccc3Cl)c(OC)c2)cc1. The van der Waals surface area contributed by atoms with E-state index in [0.29, 0.717) is 34.4 Å². The summed E-state index contributed by atoms with van der Waals surface area (Å²) in [5.41, 5.74) is 4.79. The Hall–Kier alpha value is -4.04. The maximum absolute atomic E-state index is 12.3. The van der Waals surface area contributed by atoms with Gasteiger partial charge in [0.1, 0.15) is 18.4 Å². The fraction of sp³-hybridized carbons (Fsp3) is 0.222. The Labute approximate surface area is 215 Å². The molecule has 0 saturated carbocycles. The number of rotatable bonds is 11. The second-order valence-electron chi connectivity index (χ2n) is 7.84. The van der Waals surface area contributed by atoms with Crippen molar-refractivity contribution in [2.75, 3.05) is 14.2 Å². The first-order valence-corrected chi connectivity index (χ1v) is 11.6. The number of nitrogens with one attached hydrogen (secondary N) is 2. The van der Waals surface area contributed by atoms with Crippen LogP contribution >= 0.6 is 11.6 Å². The quantitative estimate of drug-likeness (QED) is 0.299. The molecule has 0 aromatic heterocycles. The molecule has 1 unspecified atom stereocenters. The van der Waals surface area contributed by atoms with Crippen molar-refractivity contribution in [3.05, 3.63) is 88.4 Å². The van der Waals surface area contributed by atoms with Crippen LogP contribution in [0.1, 0.15) is 23.6 Å². The Morgan fingerprint density at radius 2 is 1.75 bits per heavy atom. The lowest BCUT2D eigenvalue weighted by Crippen LogP contribution is -2.43. The highest BCUT2D eigenvalue weighted by Gasteiger charge is 2.15. The average molecular weight is 510 g/mol. The van der Waals surface area contributed by atoms with Gasteiger partial charge in [-0.1, -0.05) is 41.9 Å². The summed E-state index contributed by atoms with van der Waals surface area (Å²) < 4.78 is 16.4. The predicted molar refractivity (Wildman–Crippen MR) is 139 cm³/mol. The summed E-state index contributed by atoms with van der Waals surface area (Å²) >= 11 is 6.18. The van der Waals surface area contributed by atoms with Gasteiger partial charge in [0.05, 0.1) is 26.9 Å². The molecule has 9 heteroatoms. The van der Waals surface area contributed by atoms with Gasteiger partial charge in [0.2, 0.25) is 5.91 Å². The summed E-state index contributed by atoms with van der Waals surface area (Å²) in [6.07, 6.45) is 1.62. The molecule has 3 rings (SSSR count). The van der Waals surface area contributed by atoms with Crippen LogP contribution < -0.4 is 25.0 Å². The van der Waals surface area contributed by atoms with Crippen molar-refractivity contribution < 1.29 is 23.8 Å². The second kappa shape index (κ2) is 13.2. The van der Waals surface area contributed by atoms with Gasteiger partial charge in [0.25, 0.3) is 5.91 Å². The van der Waals surface area contributed by atoms with E-state index in [-0.39, 0.29) is 12.3 Å². The number of carbonyl (C=O) groups is 2. The van der Waals surface area contributed by atoms with E-state index < -0.39 is 11.9 Å². The standard InChI is InChI=1S/C27H28ClN3O5/c1-18(30-26(32)15-19-8-11-22(34-2)12-9-19)27(33)31-29-16-20-10-13-24(25(14-20)35-3)36-17-21-6-4-5-7-23(21)28/h4-14,16,18H,15,17H2,1-3H3,(H,30,32)(H,31,33). The predicted octanol–water partition coefficient (Wildman–Crippen LogP) is 4.13. The van der Waals surface area contributed by atoms with Crippen LogP contribution in [0.3, 0.4) is 0 Å². The van der Waals surface area contributed by atoms with Gasteiger partial charge in [0, 0.05) is 10.6 Å². The van der Waals surface area contributed by atoms with Crippen molar-refractivity contribution >= 4 is 29.6 Å². The summed E-state index contributed by atoms with van der Waals surface area (Å²) in [5, 5.41) is 7.27. The molecular weight excluding hydrogens is 482 g/mol. The Morgan fingerprint density at radius 3 is 2.44 bits per heavy atom. The fourth-order valence-electron chi connectivity index (χ4n) is 3.21. The molecule has 0 aliphatic carbocycles. The van der Waals surface area contributed by atoms with Gasteiger partial charge in [-0.25, -0.2) is 5.43 Å². The number of benzene rings is 3. The van der Waals surface area contributed by atoms with Crippen molar-refractivity contribution in [1.82, 2.24) is 10.7 Å².